The number of halogens is 1. The van der Waals surface area contributed by atoms with Crippen LogP contribution in [0.4, 0.5) is 4.39 Å². The van der Waals surface area contributed by atoms with Crippen LogP contribution in [0.1, 0.15) is 48.9 Å². The third-order valence-corrected chi connectivity index (χ3v) is 7.22. The first-order valence-electron chi connectivity index (χ1n) is 12.3. The van der Waals surface area contributed by atoms with Crippen molar-refractivity contribution in [3.05, 3.63) is 35.6 Å². The smallest absolute Gasteiger partial charge is 0.253 e. The van der Waals surface area contributed by atoms with Gasteiger partial charge in [0.05, 0.1) is 6.54 Å². The maximum absolute atomic E-state index is 13.1. The quantitative estimate of drug-likeness (QED) is 0.694. The van der Waals surface area contributed by atoms with E-state index in [4.69, 9.17) is 0 Å². The van der Waals surface area contributed by atoms with Gasteiger partial charge in [0.2, 0.25) is 11.8 Å². The molecule has 0 unspecified atom stereocenters. The summed E-state index contributed by atoms with van der Waals surface area (Å²) in [6.45, 7) is 6.04. The number of hydrogen-bond donors (Lipinski definition) is 0. The molecule has 0 saturated carbocycles. The van der Waals surface area contributed by atoms with Crippen molar-refractivity contribution in [1.82, 2.24) is 19.6 Å². The van der Waals surface area contributed by atoms with Crippen LogP contribution in [0.3, 0.4) is 0 Å². The molecule has 0 radical (unpaired) electrons. The van der Waals surface area contributed by atoms with E-state index in [1.165, 1.54) is 37.1 Å². The van der Waals surface area contributed by atoms with Crippen LogP contribution in [0.25, 0.3) is 0 Å². The van der Waals surface area contributed by atoms with Crippen LogP contribution in [-0.2, 0) is 9.59 Å². The van der Waals surface area contributed by atoms with Crippen LogP contribution in [0.15, 0.2) is 24.3 Å². The van der Waals surface area contributed by atoms with E-state index in [-0.39, 0.29) is 29.5 Å². The van der Waals surface area contributed by atoms with Crippen LogP contribution in [0.2, 0.25) is 0 Å². The Hall–Kier alpha value is -2.48. The first kappa shape index (κ1) is 23.7. The number of piperidine rings is 1. The molecule has 3 heterocycles. The molecule has 7 nitrogen and oxygen atoms in total. The van der Waals surface area contributed by atoms with Crippen molar-refractivity contribution in [1.29, 1.82) is 0 Å². The zero-order valence-corrected chi connectivity index (χ0v) is 19.4. The molecule has 0 aromatic heterocycles. The van der Waals surface area contributed by atoms with E-state index in [2.05, 4.69) is 4.90 Å². The van der Waals surface area contributed by atoms with E-state index in [0.29, 0.717) is 51.1 Å². The van der Waals surface area contributed by atoms with Gasteiger partial charge in [-0.15, -0.1) is 0 Å². The van der Waals surface area contributed by atoms with Crippen molar-refractivity contribution < 1.29 is 18.8 Å². The van der Waals surface area contributed by atoms with Gasteiger partial charge in [-0.25, -0.2) is 4.39 Å². The van der Waals surface area contributed by atoms with Crippen LogP contribution < -0.4 is 0 Å². The summed E-state index contributed by atoms with van der Waals surface area (Å²) in [6.07, 6.45) is 5.93. The van der Waals surface area contributed by atoms with Gasteiger partial charge < -0.3 is 14.7 Å². The Morgan fingerprint density at radius 1 is 0.727 bits per heavy atom. The van der Waals surface area contributed by atoms with Gasteiger partial charge in [0.15, 0.2) is 0 Å². The predicted octanol–water partition coefficient (Wildman–Crippen LogP) is 2.22. The second kappa shape index (κ2) is 11.1. The Bertz CT molecular complexity index is 823. The Morgan fingerprint density at radius 3 is 1.94 bits per heavy atom. The lowest BCUT2D eigenvalue weighted by Gasteiger charge is -2.38. The van der Waals surface area contributed by atoms with Crippen molar-refractivity contribution in [2.75, 3.05) is 58.9 Å². The molecule has 0 spiro atoms. The number of likely N-dealkylation sites (tertiary alicyclic amines) is 2. The highest BCUT2D eigenvalue weighted by molar-refractivity contribution is 5.94. The van der Waals surface area contributed by atoms with Gasteiger partial charge in [0.25, 0.3) is 5.91 Å². The van der Waals surface area contributed by atoms with Crippen molar-refractivity contribution in [2.45, 2.75) is 38.5 Å². The van der Waals surface area contributed by atoms with Crippen molar-refractivity contribution in [3.8, 4) is 0 Å². The van der Waals surface area contributed by atoms with Gasteiger partial charge in [0, 0.05) is 63.8 Å². The lowest BCUT2D eigenvalue weighted by molar-refractivity contribution is -0.139. The number of amides is 3. The zero-order valence-electron chi connectivity index (χ0n) is 19.4. The standard InChI is InChI=1S/C25H35FN4O3/c26-22-7-5-20(6-8-22)24(32)29-13-9-21(10-14-29)25(33)30-17-15-27(16-18-30)19-23(31)28-11-3-1-2-4-12-28/h5-8,21H,1-4,9-19H2. The summed E-state index contributed by atoms with van der Waals surface area (Å²) in [5.74, 6) is -0.143. The lowest BCUT2D eigenvalue weighted by atomic mass is 9.94. The molecule has 3 aliphatic rings. The lowest BCUT2D eigenvalue weighted by Crippen LogP contribution is -2.53. The number of piperazine rings is 1. The van der Waals surface area contributed by atoms with E-state index in [1.807, 2.05) is 9.80 Å². The number of benzene rings is 1. The van der Waals surface area contributed by atoms with Gasteiger partial charge in [-0.2, -0.15) is 0 Å². The molecule has 0 atom stereocenters. The van der Waals surface area contributed by atoms with Gasteiger partial charge in [-0.1, -0.05) is 12.8 Å². The number of rotatable bonds is 4. The largest absolute Gasteiger partial charge is 0.342 e. The molecule has 3 amide bonds. The summed E-state index contributed by atoms with van der Waals surface area (Å²) in [5.41, 5.74) is 0.479. The van der Waals surface area contributed by atoms with Gasteiger partial charge in [-0.3, -0.25) is 19.3 Å². The van der Waals surface area contributed by atoms with Crippen molar-refractivity contribution in [3.63, 3.8) is 0 Å². The average molecular weight is 459 g/mol. The summed E-state index contributed by atoms with van der Waals surface area (Å²) in [4.78, 5) is 46.1. The minimum absolute atomic E-state index is 0.0625. The topological polar surface area (TPSA) is 64.2 Å². The predicted molar refractivity (Wildman–Crippen MR) is 123 cm³/mol. The normalized spacial score (nSPS) is 21.1. The number of carbonyl (C=O) groups excluding carboxylic acids is 3. The number of nitrogens with zero attached hydrogens (tertiary/aromatic N) is 4. The summed E-state index contributed by atoms with van der Waals surface area (Å²) >= 11 is 0. The van der Waals surface area contributed by atoms with Crippen molar-refractivity contribution in [2.24, 2.45) is 5.92 Å². The molecular formula is C25H35FN4O3. The third kappa shape index (κ3) is 6.10. The molecule has 3 aliphatic heterocycles. The molecule has 1 aromatic carbocycles. The maximum Gasteiger partial charge on any atom is 0.253 e. The number of carbonyl (C=O) groups is 3. The molecule has 3 fully saturated rings. The highest BCUT2D eigenvalue weighted by Gasteiger charge is 2.32. The molecule has 0 aliphatic carbocycles. The third-order valence-electron chi connectivity index (χ3n) is 7.22. The highest BCUT2D eigenvalue weighted by Crippen LogP contribution is 2.22. The molecule has 0 bridgehead atoms. The number of hydrogen-bond acceptors (Lipinski definition) is 4. The molecule has 0 N–H and O–H groups in total. The van der Waals surface area contributed by atoms with E-state index in [1.54, 1.807) is 4.90 Å². The summed E-state index contributed by atoms with van der Waals surface area (Å²) in [5, 5.41) is 0. The van der Waals surface area contributed by atoms with Gasteiger partial charge in [0.1, 0.15) is 5.82 Å². The summed E-state index contributed by atoms with van der Waals surface area (Å²) < 4.78 is 13.1. The fourth-order valence-electron chi connectivity index (χ4n) is 5.10. The van der Waals surface area contributed by atoms with Crippen LogP contribution >= 0.6 is 0 Å². The maximum atomic E-state index is 13.1. The minimum atomic E-state index is -0.359. The highest BCUT2D eigenvalue weighted by atomic mass is 19.1. The minimum Gasteiger partial charge on any atom is -0.342 e. The SMILES string of the molecule is O=C(CN1CCN(C(=O)C2CCN(C(=O)c3ccc(F)cc3)CC2)CC1)N1CCCCCC1. The monoisotopic (exact) mass is 458 g/mol. The molecule has 8 heteroatoms. The molecule has 180 valence electrons. The second-order valence-corrected chi connectivity index (χ2v) is 9.47. The fraction of sp³-hybridized carbons (Fsp3) is 0.640. The van der Waals surface area contributed by atoms with Crippen LogP contribution in [0.5, 0.6) is 0 Å². The Labute approximate surface area is 195 Å². The molecule has 4 rings (SSSR count). The van der Waals surface area contributed by atoms with E-state index >= 15 is 0 Å². The molecule has 33 heavy (non-hydrogen) atoms. The van der Waals surface area contributed by atoms with E-state index < -0.39 is 0 Å². The van der Waals surface area contributed by atoms with Gasteiger partial charge >= 0.3 is 0 Å². The molecular weight excluding hydrogens is 423 g/mol. The fourth-order valence-corrected chi connectivity index (χ4v) is 5.10. The van der Waals surface area contributed by atoms with E-state index in [0.717, 1.165) is 39.0 Å². The zero-order chi connectivity index (χ0) is 23.2. The van der Waals surface area contributed by atoms with Crippen molar-refractivity contribution >= 4 is 17.7 Å². The Morgan fingerprint density at radius 2 is 1.33 bits per heavy atom. The van der Waals surface area contributed by atoms with Crippen LogP contribution in [0, 0.1) is 11.7 Å². The Kier molecular flexibility index (Phi) is 7.96. The second-order valence-electron chi connectivity index (χ2n) is 9.47. The first-order valence-corrected chi connectivity index (χ1v) is 12.3. The first-order chi connectivity index (χ1) is 16.0. The molecule has 1 aromatic rings. The van der Waals surface area contributed by atoms with Crippen LogP contribution in [-0.4, -0.2) is 96.2 Å². The summed E-state index contributed by atoms with van der Waals surface area (Å²) in [6, 6.07) is 5.60. The van der Waals surface area contributed by atoms with E-state index in [9.17, 15) is 18.8 Å². The molecule has 3 saturated heterocycles. The Balaban J connectivity index is 1.20. The average Bonchev–Trinajstić information content (AvgIpc) is 3.14. The van der Waals surface area contributed by atoms with Gasteiger partial charge in [-0.05, 0) is 49.9 Å². The summed E-state index contributed by atoms with van der Waals surface area (Å²) in [7, 11) is 0.